The first-order valence-corrected chi connectivity index (χ1v) is 3.45. The number of carbonyl (C=O) groups excluding carboxylic acids is 1. The van der Waals surface area contributed by atoms with Crippen molar-refractivity contribution >= 4 is 16.8 Å². The SMILES string of the molecule is Cc1cccc(C(=O)Cl)c1F. The van der Waals surface area contributed by atoms with Gasteiger partial charge in [-0.1, -0.05) is 12.1 Å². The largest absolute Gasteiger partial charge is 0.275 e. The number of rotatable bonds is 1. The Morgan fingerprint density at radius 3 is 2.64 bits per heavy atom. The van der Waals surface area contributed by atoms with Crippen LogP contribution in [0, 0.1) is 12.7 Å². The van der Waals surface area contributed by atoms with Gasteiger partial charge in [0.05, 0.1) is 5.56 Å². The molecule has 0 aromatic heterocycles. The molecule has 1 aromatic carbocycles. The van der Waals surface area contributed by atoms with E-state index in [1.54, 1.807) is 19.1 Å². The Morgan fingerprint density at radius 2 is 2.18 bits per heavy atom. The predicted octanol–water partition coefficient (Wildman–Crippen LogP) is 2.51. The number of hydrogen-bond donors (Lipinski definition) is 0. The lowest BCUT2D eigenvalue weighted by Gasteiger charge is -1.98. The van der Waals surface area contributed by atoms with Crippen LogP contribution in [0.15, 0.2) is 18.2 Å². The number of halogens is 2. The van der Waals surface area contributed by atoms with Crippen LogP contribution in [0.25, 0.3) is 0 Å². The van der Waals surface area contributed by atoms with Gasteiger partial charge in [0.2, 0.25) is 0 Å². The average Bonchev–Trinajstić information content (AvgIpc) is 1.94. The summed E-state index contributed by atoms with van der Waals surface area (Å²) in [6, 6.07) is 4.53. The van der Waals surface area contributed by atoms with Crippen molar-refractivity contribution in [1.29, 1.82) is 0 Å². The van der Waals surface area contributed by atoms with E-state index in [9.17, 15) is 9.18 Å². The zero-order chi connectivity index (χ0) is 8.43. The van der Waals surface area contributed by atoms with Crippen LogP contribution in [0.4, 0.5) is 4.39 Å². The van der Waals surface area contributed by atoms with Crippen LogP contribution in [0.1, 0.15) is 15.9 Å². The van der Waals surface area contributed by atoms with Crippen LogP contribution < -0.4 is 0 Å². The zero-order valence-corrected chi connectivity index (χ0v) is 6.65. The molecule has 1 rings (SSSR count). The molecule has 58 valence electrons. The van der Waals surface area contributed by atoms with Crippen LogP contribution in [0.2, 0.25) is 0 Å². The highest BCUT2D eigenvalue weighted by atomic mass is 35.5. The van der Waals surface area contributed by atoms with Gasteiger partial charge in [0, 0.05) is 0 Å². The maximum Gasteiger partial charge on any atom is 0.255 e. The minimum Gasteiger partial charge on any atom is -0.275 e. The Balaban J connectivity index is 3.27. The van der Waals surface area contributed by atoms with Gasteiger partial charge in [-0.25, -0.2) is 4.39 Å². The van der Waals surface area contributed by atoms with Gasteiger partial charge in [-0.3, -0.25) is 4.79 Å². The summed E-state index contributed by atoms with van der Waals surface area (Å²) in [6.45, 7) is 1.58. The molecule has 0 spiro atoms. The topological polar surface area (TPSA) is 17.1 Å². The van der Waals surface area contributed by atoms with Crippen LogP contribution in [-0.2, 0) is 0 Å². The molecule has 0 aliphatic carbocycles. The van der Waals surface area contributed by atoms with E-state index in [1.165, 1.54) is 6.07 Å². The maximum atomic E-state index is 12.9. The molecule has 1 nitrogen and oxygen atoms in total. The summed E-state index contributed by atoms with van der Waals surface area (Å²) in [5, 5.41) is -0.758. The summed E-state index contributed by atoms with van der Waals surface area (Å²) in [5.74, 6) is -0.535. The molecular formula is C8H6ClFO. The second-order valence-electron chi connectivity index (χ2n) is 2.21. The van der Waals surface area contributed by atoms with Crippen LogP contribution in [-0.4, -0.2) is 5.24 Å². The minimum absolute atomic E-state index is 0.0633. The highest BCUT2D eigenvalue weighted by Gasteiger charge is 2.09. The Morgan fingerprint density at radius 1 is 1.55 bits per heavy atom. The first-order chi connectivity index (χ1) is 5.13. The molecule has 0 amide bonds. The van der Waals surface area contributed by atoms with Crippen molar-refractivity contribution < 1.29 is 9.18 Å². The fraction of sp³-hybridized carbons (Fsp3) is 0.125. The van der Waals surface area contributed by atoms with E-state index < -0.39 is 11.1 Å². The molecule has 0 atom stereocenters. The molecular weight excluding hydrogens is 167 g/mol. The summed E-state index contributed by atoms with van der Waals surface area (Å²) in [7, 11) is 0. The van der Waals surface area contributed by atoms with Crippen molar-refractivity contribution in [3.8, 4) is 0 Å². The van der Waals surface area contributed by atoms with E-state index in [2.05, 4.69) is 0 Å². The lowest BCUT2D eigenvalue weighted by atomic mass is 10.1. The second-order valence-corrected chi connectivity index (χ2v) is 2.55. The van der Waals surface area contributed by atoms with Gasteiger partial charge in [-0.2, -0.15) is 0 Å². The van der Waals surface area contributed by atoms with Crippen molar-refractivity contribution in [2.45, 2.75) is 6.92 Å². The van der Waals surface area contributed by atoms with Crippen molar-refractivity contribution in [3.05, 3.63) is 35.1 Å². The lowest BCUT2D eigenvalue weighted by molar-refractivity contribution is 0.107. The molecule has 3 heteroatoms. The first kappa shape index (κ1) is 8.21. The summed E-state index contributed by atoms with van der Waals surface area (Å²) in [4.78, 5) is 10.5. The van der Waals surface area contributed by atoms with Crippen molar-refractivity contribution in [1.82, 2.24) is 0 Å². The quantitative estimate of drug-likeness (QED) is 0.595. The lowest BCUT2D eigenvalue weighted by Crippen LogP contribution is -1.95. The Hall–Kier alpha value is -0.890. The molecule has 0 bridgehead atoms. The standard InChI is InChI=1S/C8H6ClFO/c1-5-3-2-4-6(7(5)10)8(9)11/h2-4H,1H3. The number of hydrogen-bond acceptors (Lipinski definition) is 1. The Kier molecular flexibility index (Phi) is 2.25. The maximum absolute atomic E-state index is 12.9. The highest BCUT2D eigenvalue weighted by Crippen LogP contribution is 2.13. The van der Waals surface area contributed by atoms with Gasteiger partial charge in [-0.15, -0.1) is 0 Å². The van der Waals surface area contributed by atoms with E-state index in [-0.39, 0.29) is 5.56 Å². The fourth-order valence-corrected chi connectivity index (χ4v) is 0.945. The molecule has 0 unspecified atom stereocenters. The van der Waals surface area contributed by atoms with E-state index in [4.69, 9.17) is 11.6 Å². The highest BCUT2D eigenvalue weighted by molar-refractivity contribution is 6.67. The summed E-state index contributed by atoms with van der Waals surface area (Å²) < 4.78 is 12.9. The van der Waals surface area contributed by atoms with Gasteiger partial charge in [0.15, 0.2) is 0 Å². The fourth-order valence-electron chi connectivity index (χ4n) is 0.799. The molecule has 0 N–H and O–H groups in total. The Bertz CT molecular complexity index is 296. The molecule has 0 saturated heterocycles. The molecule has 0 saturated carbocycles. The van der Waals surface area contributed by atoms with Crippen LogP contribution >= 0.6 is 11.6 Å². The van der Waals surface area contributed by atoms with E-state index in [0.29, 0.717) is 5.56 Å². The third-order valence-electron chi connectivity index (χ3n) is 1.40. The van der Waals surface area contributed by atoms with Crippen LogP contribution in [0.3, 0.4) is 0 Å². The third kappa shape index (κ3) is 1.57. The van der Waals surface area contributed by atoms with Crippen molar-refractivity contribution in [2.24, 2.45) is 0 Å². The minimum atomic E-state index is -0.758. The van der Waals surface area contributed by atoms with Gasteiger partial charge in [0.1, 0.15) is 5.82 Å². The van der Waals surface area contributed by atoms with E-state index >= 15 is 0 Å². The van der Waals surface area contributed by atoms with E-state index in [0.717, 1.165) is 0 Å². The summed E-state index contributed by atoms with van der Waals surface area (Å²) in [5.41, 5.74) is 0.364. The van der Waals surface area contributed by atoms with Gasteiger partial charge < -0.3 is 0 Å². The van der Waals surface area contributed by atoms with Crippen LogP contribution in [0.5, 0.6) is 0 Å². The average molecular weight is 173 g/mol. The van der Waals surface area contributed by atoms with Gasteiger partial charge in [-0.05, 0) is 30.2 Å². The number of carbonyl (C=O) groups is 1. The predicted molar refractivity (Wildman–Crippen MR) is 41.3 cm³/mol. The zero-order valence-electron chi connectivity index (χ0n) is 5.90. The molecule has 0 radical (unpaired) electrons. The summed E-state index contributed by atoms with van der Waals surface area (Å²) in [6.07, 6.45) is 0. The molecule has 0 aliphatic rings. The second kappa shape index (κ2) is 3.01. The molecule has 0 aliphatic heterocycles. The first-order valence-electron chi connectivity index (χ1n) is 3.08. The number of benzene rings is 1. The number of aryl methyl sites for hydroxylation is 1. The normalized spacial score (nSPS) is 9.73. The molecule has 0 heterocycles. The Labute approximate surface area is 68.8 Å². The summed E-state index contributed by atoms with van der Waals surface area (Å²) >= 11 is 5.10. The monoisotopic (exact) mass is 172 g/mol. The van der Waals surface area contributed by atoms with Gasteiger partial charge >= 0.3 is 0 Å². The molecule has 1 aromatic rings. The van der Waals surface area contributed by atoms with Crippen molar-refractivity contribution in [3.63, 3.8) is 0 Å². The van der Waals surface area contributed by atoms with E-state index in [1.807, 2.05) is 0 Å². The van der Waals surface area contributed by atoms with Crippen molar-refractivity contribution in [2.75, 3.05) is 0 Å². The molecule has 11 heavy (non-hydrogen) atoms. The smallest absolute Gasteiger partial charge is 0.255 e. The third-order valence-corrected chi connectivity index (χ3v) is 1.61. The molecule has 0 fully saturated rings. The van der Waals surface area contributed by atoms with Gasteiger partial charge in [0.25, 0.3) is 5.24 Å².